The minimum Gasteiger partial charge on any atom is -0.490 e. The van der Waals surface area contributed by atoms with E-state index in [2.05, 4.69) is 5.32 Å². The summed E-state index contributed by atoms with van der Waals surface area (Å²) >= 11 is 0. The maximum atomic E-state index is 12.7. The van der Waals surface area contributed by atoms with E-state index in [4.69, 9.17) is 8.92 Å². The van der Waals surface area contributed by atoms with Gasteiger partial charge in [0, 0.05) is 11.3 Å². The average Bonchev–Trinajstić information content (AvgIpc) is 2.70. The Morgan fingerprint density at radius 2 is 1.57 bits per heavy atom. The first kappa shape index (κ1) is 19.4. The first-order valence-electron chi connectivity index (χ1n) is 8.62. The van der Waals surface area contributed by atoms with E-state index in [0.29, 0.717) is 18.0 Å². The zero-order valence-corrected chi connectivity index (χ0v) is 16.0. The number of hydrogen-bond donors (Lipinski definition) is 1. The van der Waals surface area contributed by atoms with Crippen LogP contribution in [0.5, 0.6) is 11.5 Å². The maximum Gasteiger partial charge on any atom is 0.339 e. The molecule has 0 fully saturated rings. The molecule has 0 heterocycles. The predicted molar refractivity (Wildman–Crippen MR) is 106 cm³/mol. The van der Waals surface area contributed by atoms with Gasteiger partial charge in [-0.2, -0.15) is 8.42 Å². The number of ether oxygens (including phenoxy) is 1. The number of benzene rings is 3. The molecule has 1 amide bonds. The molecule has 3 rings (SSSR count). The van der Waals surface area contributed by atoms with E-state index in [1.54, 1.807) is 49.4 Å². The van der Waals surface area contributed by atoms with Gasteiger partial charge in [-0.25, -0.2) is 0 Å². The number of rotatable bonds is 7. The summed E-state index contributed by atoms with van der Waals surface area (Å²) < 4.78 is 36.0. The van der Waals surface area contributed by atoms with Crippen molar-refractivity contribution < 1.29 is 22.1 Å². The van der Waals surface area contributed by atoms with Crippen molar-refractivity contribution in [1.82, 2.24) is 0 Å². The van der Waals surface area contributed by atoms with Crippen LogP contribution in [-0.4, -0.2) is 20.9 Å². The molecule has 0 saturated carbocycles. The molecule has 144 valence electrons. The van der Waals surface area contributed by atoms with Gasteiger partial charge in [0.05, 0.1) is 6.61 Å². The lowest BCUT2D eigenvalue weighted by atomic mass is 10.2. The van der Waals surface area contributed by atoms with Crippen molar-refractivity contribution in [3.63, 3.8) is 0 Å². The second kappa shape index (κ2) is 8.58. The molecule has 0 spiro atoms. The molecule has 0 unspecified atom stereocenters. The zero-order valence-electron chi connectivity index (χ0n) is 15.2. The molecule has 0 aromatic heterocycles. The highest BCUT2D eigenvalue weighted by atomic mass is 32.2. The van der Waals surface area contributed by atoms with Crippen LogP contribution in [-0.2, 0) is 10.1 Å². The Hall–Kier alpha value is -3.32. The van der Waals surface area contributed by atoms with Crippen LogP contribution in [0.3, 0.4) is 0 Å². The fourth-order valence-electron chi connectivity index (χ4n) is 2.48. The van der Waals surface area contributed by atoms with Crippen molar-refractivity contribution in [2.75, 3.05) is 11.9 Å². The van der Waals surface area contributed by atoms with Crippen LogP contribution in [0, 0.1) is 0 Å². The van der Waals surface area contributed by atoms with Gasteiger partial charge >= 0.3 is 10.1 Å². The summed E-state index contributed by atoms with van der Waals surface area (Å²) in [5.74, 6) is -0.00648. The number of nitrogens with one attached hydrogen (secondary N) is 1. The Labute approximate surface area is 163 Å². The Kier molecular flexibility index (Phi) is 5.96. The summed E-state index contributed by atoms with van der Waals surface area (Å²) in [5.41, 5.74) is 0.814. The minimum absolute atomic E-state index is 0.0866. The van der Waals surface area contributed by atoms with Gasteiger partial charge in [-0.15, -0.1) is 0 Å². The zero-order chi connectivity index (χ0) is 20.0. The van der Waals surface area contributed by atoms with Gasteiger partial charge in [0.15, 0.2) is 11.5 Å². The van der Waals surface area contributed by atoms with E-state index in [0.717, 1.165) is 0 Å². The number of para-hydroxylation sites is 3. The Morgan fingerprint density at radius 1 is 0.893 bits per heavy atom. The van der Waals surface area contributed by atoms with Gasteiger partial charge in [-0.3, -0.25) is 4.79 Å². The molecule has 0 aliphatic rings. The first-order chi connectivity index (χ1) is 13.5. The third kappa shape index (κ3) is 4.69. The van der Waals surface area contributed by atoms with E-state index in [1.165, 1.54) is 30.3 Å². The second-order valence-electron chi connectivity index (χ2n) is 5.77. The second-order valence-corrected chi connectivity index (χ2v) is 7.31. The molecule has 0 saturated heterocycles. The summed E-state index contributed by atoms with van der Waals surface area (Å²) in [4.78, 5) is 12.3. The molecule has 1 N–H and O–H groups in total. The molecule has 3 aromatic carbocycles. The summed E-state index contributed by atoms with van der Waals surface area (Å²) in [7, 11) is -4.14. The summed E-state index contributed by atoms with van der Waals surface area (Å²) in [5, 5.41) is 2.72. The van der Waals surface area contributed by atoms with Crippen molar-refractivity contribution in [3.8, 4) is 11.5 Å². The standard InChI is InChI=1S/C21H19NO5S/c1-2-26-19-13-6-7-14-20(19)27-28(24,25)18-12-8-9-16(15-18)21(23)22-17-10-4-3-5-11-17/h3-15H,2H2,1H3,(H,22,23). The van der Waals surface area contributed by atoms with Gasteiger partial charge in [-0.05, 0) is 49.4 Å². The lowest BCUT2D eigenvalue weighted by Gasteiger charge is -2.12. The predicted octanol–water partition coefficient (Wildman–Crippen LogP) is 4.11. The van der Waals surface area contributed by atoms with Gasteiger partial charge in [0.2, 0.25) is 0 Å². The molecule has 0 radical (unpaired) electrons. The smallest absolute Gasteiger partial charge is 0.339 e. The van der Waals surface area contributed by atoms with E-state index in [1.807, 2.05) is 6.07 Å². The van der Waals surface area contributed by atoms with Gasteiger partial charge < -0.3 is 14.2 Å². The number of anilines is 1. The largest absolute Gasteiger partial charge is 0.490 e. The molecule has 28 heavy (non-hydrogen) atoms. The fourth-order valence-corrected chi connectivity index (χ4v) is 3.46. The third-order valence-corrected chi connectivity index (χ3v) is 5.00. The van der Waals surface area contributed by atoms with Crippen molar-refractivity contribution in [1.29, 1.82) is 0 Å². The molecule has 6 nitrogen and oxygen atoms in total. The van der Waals surface area contributed by atoms with E-state index in [-0.39, 0.29) is 16.2 Å². The van der Waals surface area contributed by atoms with E-state index in [9.17, 15) is 13.2 Å². The summed E-state index contributed by atoms with van der Waals surface area (Å²) in [6.45, 7) is 2.16. The van der Waals surface area contributed by atoms with Crippen LogP contribution in [0.25, 0.3) is 0 Å². The highest BCUT2D eigenvalue weighted by Crippen LogP contribution is 2.29. The Morgan fingerprint density at radius 3 is 2.29 bits per heavy atom. The fraction of sp³-hybridized carbons (Fsp3) is 0.0952. The Balaban J connectivity index is 1.83. The number of carbonyl (C=O) groups excluding carboxylic acids is 1. The molecule has 3 aromatic rings. The van der Waals surface area contributed by atoms with E-state index < -0.39 is 16.0 Å². The van der Waals surface area contributed by atoms with Crippen LogP contribution in [0.4, 0.5) is 5.69 Å². The molecular formula is C21H19NO5S. The van der Waals surface area contributed by atoms with Gasteiger partial charge in [0.25, 0.3) is 5.91 Å². The Bertz CT molecular complexity index is 1060. The van der Waals surface area contributed by atoms with Crippen LogP contribution in [0.2, 0.25) is 0 Å². The van der Waals surface area contributed by atoms with Crippen LogP contribution < -0.4 is 14.2 Å². The first-order valence-corrected chi connectivity index (χ1v) is 10.0. The topological polar surface area (TPSA) is 81.7 Å². The molecule has 0 aliphatic carbocycles. The maximum absolute atomic E-state index is 12.7. The molecule has 7 heteroatoms. The lowest BCUT2D eigenvalue weighted by Crippen LogP contribution is -2.14. The normalized spacial score (nSPS) is 10.9. The van der Waals surface area contributed by atoms with Crippen LogP contribution >= 0.6 is 0 Å². The number of amides is 1. The van der Waals surface area contributed by atoms with Crippen molar-refractivity contribution in [3.05, 3.63) is 84.4 Å². The quantitative estimate of drug-likeness (QED) is 0.607. The monoisotopic (exact) mass is 397 g/mol. The number of carbonyl (C=O) groups is 1. The van der Waals surface area contributed by atoms with Gasteiger partial charge in [0.1, 0.15) is 4.90 Å². The van der Waals surface area contributed by atoms with Gasteiger partial charge in [-0.1, -0.05) is 36.4 Å². The molecule has 0 aliphatic heterocycles. The average molecular weight is 397 g/mol. The van der Waals surface area contributed by atoms with Crippen LogP contribution in [0.1, 0.15) is 17.3 Å². The third-order valence-electron chi connectivity index (χ3n) is 3.77. The van der Waals surface area contributed by atoms with Crippen LogP contribution in [0.15, 0.2) is 83.8 Å². The summed E-state index contributed by atoms with van der Waals surface area (Å²) in [6.07, 6.45) is 0. The highest BCUT2D eigenvalue weighted by molar-refractivity contribution is 7.87. The summed E-state index contributed by atoms with van der Waals surface area (Å²) in [6, 6.07) is 21.1. The molecule has 0 atom stereocenters. The van der Waals surface area contributed by atoms with Crippen molar-refractivity contribution in [2.24, 2.45) is 0 Å². The molecular weight excluding hydrogens is 378 g/mol. The van der Waals surface area contributed by atoms with E-state index >= 15 is 0 Å². The SMILES string of the molecule is CCOc1ccccc1OS(=O)(=O)c1cccc(C(=O)Nc2ccccc2)c1. The number of hydrogen-bond acceptors (Lipinski definition) is 5. The van der Waals surface area contributed by atoms with Crippen molar-refractivity contribution >= 4 is 21.7 Å². The lowest BCUT2D eigenvalue weighted by molar-refractivity contribution is 0.102. The highest BCUT2D eigenvalue weighted by Gasteiger charge is 2.20. The molecule has 0 bridgehead atoms. The minimum atomic E-state index is -4.14. The van der Waals surface area contributed by atoms with Crippen molar-refractivity contribution in [2.45, 2.75) is 11.8 Å².